The van der Waals surface area contributed by atoms with Gasteiger partial charge in [0.15, 0.2) is 14.7 Å². The molecule has 7 nitrogen and oxygen atoms in total. The van der Waals surface area contributed by atoms with Crippen LogP contribution in [-0.4, -0.2) is 25.0 Å². The molecule has 0 unspecified atom stereocenters. The molecule has 0 bridgehead atoms. The predicted molar refractivity (Wildman–Crippen MR) is 133 cm³/mol. The minimum Gasteiger partial charge on any atom is -0.304 e. The van der Waals surface area contributed by atoms with Crippen LogP contribution in [-0.2, 0) is 17.9 Å². The molecule has 1 aromatic carbocycles. The van der Waals surface area contributed by atoms with Crippen LogP contribution in [0.5, 0.6) is 0 Å². The fraction of sp³-hybridized carbons (Fsp3) is 0.227. The first-order chi connectivity index (χ1) is 15.3. The van der Waals surface area contributed by atoms with Gasteiger partial charge in [-0.3, -0.25) is 19.1 Å². The first-order valence-corrected chi connectivity index (χ1v) is 11.9. The monoisotopic (exact) mass is 483 g/mol. The number of rotatable bonds is 6. The molecule has 10 heteroatoms. The Morgan fingerprint density at radius 3 is 2.78 bits per heavy atom. The first-order valence-electron chi connectivity index (χ1n) is 9.82. The van der Waals surface area contributed by atoms with E-state index in [2.05, 4.69) is 16.5 Å². The van der Waals surface area contributed by atoms with Crippen LogP contribution in [0.4, 0.5) is 10.8 Å². The lowest BCUT2D eigenvalue weighted by Gasteiger charge is -2.19. The quantitative estimate of drug-likeness (QED) is 0.286. The van der Waals surface area contributed by atoms with Crippen molar-refractivity contribution in [3.05, 3.63) is 73.7 Å². The van der Waals surface area contributed by atoms with Crippen molar-refractivity contribution in [2.24, 2.45) is 0 Å². The van der Waals surface area contributed by atoms with Gasteiger partial charge in [0.1, 0.15) is 11.0 Å². The Hall–Kier alpha value is -2.95. The Labute approximate surface area is 197 Å². The minimum absolute atomic E-state index is 0.127. The maximum atomic E-state index is 13.0. The molecule has 0 spiro atoms. The summed E-state index contributed by atoms with van der Waals surface area (Å²) in [5, 5.41) is 2.42. The van der Waals surface area contributed by atoms with E-state index < -0.39 is 0 Å². The molecule has 0 aliphatic rings. The molecule has 3 heterocycles. The number of aryl methyl sites for hydroxylation is 2. The molecule has 3 aromatic heterocycles. The molecule has 0 fully saturated rings. The standard InChI is InChI=1S/C22H21N5O2S3/c1-5-8-26-19-18(32-22(26)30)20(29)25(12-23-19)10-16-11-31-21(24-16)27(15(4)28)17-7-6-13(2)14(3)9-17/h5-7,9,11-12H,1,8,10H2,2-4H3. The second-order valence-electron chi connectivity index (χ2n) is 7.34. The highest BCUT2D eigenvalue weighted by Gasteiger charge is 2.19. The van der Waals surface area contributed by atoms with Gasteiger partial charge in [-0.2, -0.15) is 0 Å². The van der Waals surface area contributed by atoms with Crippen LogP contribution in [0.15, 0.2) is 47.4 Å². The fourth-order valence-electron chi connectivity index (χ4n) is 3.31. The number of amides is 1. The third-order valence-electron chi connectivity index (χ3n) is 5.08. The van der Waals surface area contributed by atoms with Crippen LogP contribution in [0.1, 0.15) is 23.7 Å². The molecule has 0 atom stereocenters. The van der Waals surface area contributed by atoms with Crippen LogP contribution in [0, 0.1) is 17.8 Å². The number of carbonyl (C=O) groups excluding carboxylic acids is 1. The SMILES string of the molecule is C=CCn1c(=S)sc2c(=O)n(Cc3csc(N(C(C)=O)c4ccc(C)c(C)c4)n3)cnc21. The average molecular weight is 484 g/mol. The maximum absolute atomic E-state index is 13.0. The molecule has 0 N–H and O–H groups in total. The smallest absolute Gasteiger partial charge is 0.273 e. The number of benzene rings is 1. The number of carbonyl (C=O) groups is 1. The van der Waals surface area contributed by atoms with Gasteiger partial charge in [0.2, 0.25) is 5.91 Å². The van der Waals surface area contributed by atoms with Gasteiger partial charge in [0.05, 0.1) is 17.9 Å². The van der Waals surface area contributed by atoms with Gasteiger partial charge in [-0.1, -0.05) is 23.5 Å². The van der Waals surface area contributed by atoms with Crippen LogP contribution < -0.4 is 10.5 Å². The first kappa shape index (κ1) is 22.3. The van der Waals surface area contributed by atoms with E-state index >= 15 is 0 Å². The normalized spacial score (nSPS) is 11.1. The Kier molecular flexibility index (Phi) is 6.18. The third-order valence-corrected chi connectivity index (χ3v) is 7.38. The van der Waals surface area contributed by atoms with Crippen molar-refractivity contribution in [1.82, 2.24) is 19.1 Å². The van der Waals surface area contributed by atoms with Crippen molar-refractivity contribution in [2.75, 3.05) is 4.90 Å². The van der Waals surface area contributed by atoms with Crippen LogP contribution in [0.25, 0.3) is 10.3 Å². The topological polar surface area (TPSA) is 73.0 Å². The number of allylic oxidation sites excluding steroid dienone is 1. The zero-order chi connectivity index (χ0) is 23.0. The molecule has 4 aromatic rings. The summed E-state index contributed by atoms with van der Waals surface area (Å²) in [4.78, 5) is 36.1. The molecule has 164 valence electrons. The van der Waals surface area contributed by atoms with E-state index in [0.29, 0.717) is 31.7 Å². The Morgan fingerprint density at radius 2 is 2.09 bits per heavy atom. The Morgan fingerprint density at radius 1 is 1.31 bits per heavy atom. The summed E-state index contributed by atoms with van der Waals surface area (Å²) in [5.41, 5.74) is 4.10. The molecule has 0 saturated carbocycles. The van der Waals surface area contributed by atoms with Gasteiger partial charge in [-0.05, 0) is 49.3 Å². The fourth-order valence-corrected chi connectivity index (χ4v) is 5.51. The number of aromatic nitrogens is 4. The second kappa shape index (κ2) is 8.89. The van der Waals surface area contributed by atoms with E-state index in [4.69, 9.17) is 12.2 Å². The average Bonchev–Trinajstić information content (AvgIpc) is 3.32. The van der Waals surface area contributed by atoms with Gasteiger partial charge >= 0.3 is 0 Å². The van der Waals surface area contributed by atoms with Crippen molar-refractivity contribution in [1.29, 1.82) is 0 Å². The molecule has 0 aliphatic heterocycles. The number of anilines is 2. The van der Waals surface area contributed by atoms with Crippen molar-refractivity contribution in [3.63, 3.8) is 0 Å². The van der Waals surface area contributed by atoms with Crippen LogP contribution in [0.3, 0.4) is 0 Å². The van der Waals surface area contributed by atoms with E-state index in [1.165, 1.54) is 40.5 Å². The Bertz CT molecular complexity index is 1460. The lowest BCUT2D eigenvalue weighted by Crippen LogP contribution is -2.23. The van der Waals surface area contributed by atoms with Crippen LogP contribution >= 0.6 is 34.9 Å². The molecule has 0 aliphatic carbocycles. The highest BCUT2D eigenvalue weighted by Crippen LogP contribution is 2.30. The van der Waals surface area contributed by atoms with Gasteiger partial charge in [0.25, 0.3) is 5.56 Å². The van der Waals surface area contributed by atoms with E-state index in [1.807, 2.05) is 37.4 Å². The molecular weight excluding hydrogens is 462 g/mol. The summed E-state index contributed by atoms with van der Waals surface area (Å²) in [6.07, 6.45) is 3.24. The van der Waals surface area contributed by atoms with E-state index in [9.17, 15) is 9.59 Å². The zero-order valence-corrected chi connectivity index (χ0v) is 20.3. The van der Waals surface area contributed by atoms with Crippen molar-refractivity contribution in [3.8, 4) is 0 Å². The molecule has 4 rings (SSSR count). The summed E-state index contributed by atoms with van der Waals surface area (Å²) in [5.74, 6) is -0.127. The number of fused-ring (bicyclic) bond motifs is 1. The maximum Gasteiger partial charge on any atom is 0.273 e. The lowest BCUT2D eigenvalue weighted by molar-refractivity contribution is -0.115. The van der Waals surface area contributed by atoms with Gasteiger partial charge < -0.3 is 4.57 Å². The van der Waals surface area contributed by atoms with Gasteiger partial charge in [0, 0.05) is 18.8 Å². The summed E-state index contributed by atoms with van der Waals surface area (Å²) in [6.45, 7) is 10.0. The molecule has 1 amide bonds. The highest BCUT2D eigenvalue weighted by atomic mass is 32.1. The predicted octanol–water partition coefficient (Wildman–Crippen LogP) is 4.98. The van der Waals surface area contributed by atoms with E-state index in [1.54, 1.807) is 15.5 Å². The number of nitrogens with zero attached hydrogens (tertiary/aromatic N) is 5. The van der Waals surface area contributed by atoms with Crippen LogP contribution in [0.2, 0.25) is 0 Å². The molecule has 0 saturated heterocycles. The van der Waals surface area contributed by atoms with Gasteiger partial charge in [-0.25, -0.2) is 9.97 Å². The number of thiazole rings is 2. The summed E-state index contributed by atoms with van der Waals surface area (Å²) in [6, 6.07) is 5.87. The summed E-state index contributed by atoms with van der Waals surface area (Å²) >= 11 is 7.98. The zero-order valence-electron chi connectivity index (χ0n) is 17.9. The highest BCUT2D eigenvalue weighted by molar-refractivity contribution is 7.73. The van der Waals surface area contributed by atoms with Crippen molar-refractivity contribution < 1.29 is 4.79 Å². The minimum atomic E-state index is -0.166. The van der Waals surface area contributed by atoms with Gasteiger partial charge in [-0.15, -0.1) is 17.9 Å². The number of hydrogen-bond donors (Lipinski definition) is 0. The Balaban J connectivity index is 1.67. The molecule has 32 heavy (non-hydrogen) atoms. The third kappa shape index (κ3) is 4.08. The molecule has 0 radical (unpaired) electrons. The summed E-state index contributed by atoms with van der Waals surface area (Å²) < 4.78 is 4.40. The largest absolute Gasteiger partial charge is 0.304 e. The van der Waals surface area contributed by atoms with Crippen molar-refractivity contribution >= 4 is 62.0 Å². The summed E-state index contributed by atoms with van der Waals surface area (Å²) in [7, 11) is 0. The van der Waals surface area contributed by atoms with E-state index in [0.717, 1.165) is 16.8 Å². The molecular formula is C22H21N5O2S3. The number of hydrogen-bond acceptors (Lipinski definition) is 7. The lowest BCUT2D eigenvalue weighted by atomic mass is 10.1. The van der Waals surface area contributed by atoms with Crippen molar-refractivity contribution in [2.45, 2.75) is 33.9 Å². The second-order valence-corrected chi connectivity index (χ2v) is 9.82. The van der Waals surface area contributed by atoms with E-state index in [-0.39, 0.29) is 18.0 Å².